The number of carbonyl (C=O) groups is 3. The Hall–Kier alpha value is -4.27. The molecule has 0 unspecified atom stereocenters. The van der Waals surface area contributed by atoms with Crippen LogP contribution in [0.15, 0.2) is 58.2 Å². The van der Waals surface area contributed by atoms with Crippen molar-refractivity contribution in [3.05, 3.63) is 88.1 Å². The Kier molecular flexibility index (Phi) is 6.30. The molecule has 0 saturated heterocycles. The van der Waals surface area contributed by atoms with E-state index >= 15 is 0 Å². The monoisotopic (exact) mass is 445 g/mol. The third-order valence-electron chi connectivity index (χ3n) is 5.33. The maximum absolute atomic E-state index is 12.7. The maximum atomic E-state index is 12.7. The van der Waals surface area contributed by atoms with E-state index in [1.54, 1.807) is 37.3 Å². The molecular weight excluding hydrogens is 422 g/mol. The van der Waals surface area contributed by atoms with Gasteiger partial charge in [0.1, 0.15) is 11.5 Å². The summed E-state index contributed by atoms with van der Waals surface area (Å²) in [6, 6.07) is 12.0. The lowest BCUT2D eigenvalue weighted by atomic mass is 9.93. The molecular formula is C24H23N5O4. The van der Waals surface area contributed by atoms with Gasteiger partial charge in [0.15, 0.2) is 5.76 Å². The van der Waals surface area contributed by atoms with Crippen LogP contribution in [0.5, 0.6) is 0 Å². The van der Waals surface area contributed by atoms with Crippen molar-refractivity contribution in [2.45, 2.75) is 33.1 Å². The van der Waals surface area contributed by atoms with Crippen LogP contribution in [0.2, 0.25) is 0 Å². The van der Waals surface area contributed by atoms with Crippen LogP contribution in [-0.2, 0) is 6.42 Å². The molecule has 1 aliphatic carbocycles. The number of pyridine rings is 1. The van der Waals surface area contributed by atoms with Gasteiger partial charge in [-0.3, -0.25) is 30.2 Å². The van der Waals surface area contributed by atoms with E-state index in [1.807, 2.05) is 19.1 Å². The van der Waals surface area contributed by atoms with Crippen LogP contribution in [0, 0.1) is 13.8 Å². The summed E-state index contributed by atoms with van der Waals surface area (Å²) in [6.07, 6.45) is 3.57. The van der Waals surface area contributed by atoms with E-state index in [-0.39, 0.29) is 11.5 Å². The number of hydrogen-bond donors (Lipinski definition) is 3. The molecule has 3 amide bonds. The first kappa shape index (κ1) is 21.9. The van der Waals surface area contributed by atoms with Crippen LogP contribution in [0.4, 0.5) is 0 Å². The molecule has 0 atom stereocenters. The number of nitrogens with one attached hydrogen (secondary N) is 3. The van der Waals surface area contributed by atoms with Gasteiger partial charge in [0, 0.05) is 29.3 Å². The van der Waals surface area contributed by atoms with E-state index in [9.17, 15) is 14.4 Å². The average molecular weight is 445 g/mol. The number of aryl methyl sites for hydroxylation is 2. The first-order chi connectivity index (χ1) is 15.9. The number of furan rings is 1. The molecule has 0 bridgehead atoms. The van der Waals surface area contributed by atoms with Crippen LogP contribution in [-0.4, -0.2) is 28.4 Å². The van der Waals surface area contributed by atoms with Crippen molar-refractivity contribution in [1.82, 2.24) is 21.3 Å². The summed E-state index contributed by atoms with van der Waals surface area (Å²) in [5.74, 6) is -0.710. The first-order valence-corrected chi connectivity index (χ1v) is 10.5. The Balaban J connectivity index is 1.47. The molecule has 0 spiro atoms. The molecule has 9 heteroatoms. The predicted octanol–water partition coefficient (Wildman–Crippen LogP) is 2.84. The lowest BCUT2D eigenvalue weighted by molar-refractivity contribution is 0.0829. The van der Waals surface area contributed by atoms with Gasteiger partial charge in [-0.15, -0.1) is 0 Å². The normalized spacial score (nSPS) is 13.8. The summed E-state index contributed by atoms with van der Waals surface area (Å²) < 4.78 is 5.80. The number of carbonyl (C=O) groups excluding carboxylic acids is 3. The molecule has 2 aromatic heterocycles. The number of nitrogens with zero attached hydrogens (tertiary/aromatic N) is 2. The van der Waals surface area contributed by atoms with Gasteiger partial charge in [0.05, 0.1) is 5.71 Å². The zero-order valence-electron chi connectivity index (χ0n) is 18.3. The Labute approximate surface area is 190 Å². The lowest BCUT2D eigenvalue weighted by Gasteiger charge is -2.13. The minimum atomic E-state index is -0.570. The molecule has 33 heavy (non-hydrogen) atoms. The number of hydrogen-bond acceptors (Lipinski definition) is 6. The highest BCUT2D eigenvalue weighted by molar-refractivity contribution is 6.07. The number of aromatic nitrogens is 1. The largest absolute Gasteiger partial charge is 0.455 e. The van der Waals surface area contributed by atoms with E-state index in [0.717, 1.165) is 12.0 Å². The molecule has 1 aliphatic rings. The van der Waals surface area contributed by atoms with Crippen LogP contribution in [0.1, 0.15) is 66.7 Å². The van der Waals surface area contributed by atoms with Crippen molar-refractivity contribution in [2.75, 3.05) is 0 Å². The van der Waals surface area contributed by atoms with Gasteiger partial charge in [-0.05, 0) is 51.0 Å². The SMILES string of the molecule is Cc1ccc(C(=O)NNC(=O)c2oc3c(c2C)/C(=N/NC(=O)c2ccccn2)CCC3)cc1. The smallest absolute Gasteiger partial charge is 0.305 e. The Morgan fingerprint density at radius 1 is 0.939 bits per heavy atom. The fourth-order valence-corrected chi connectivity index (χ4v) is 3.62. The molecule has 3 N–H and O–H groups in total. The van der Waals surface area contributed by atoms with Crippen molar-refractivity contribution in [1.29, 1.82) is 0 Å². The molecule has 9 nitrogen and oxygen atoms in total. The van der Waals surface area contributed by atoms with Gasteiger partial charge in [-0.1, -0.05) is 23.8 Å². The van der Waals surface area contributed by atoms with E-state index < -0.39 is 17.7 Å². The van der Waals surface area contributed by atoms with Crippen molar-refractivity contribution in [3.8, 4) is 0 Å². The zero-order valence-corrected chi connectivity index (χ0v) is 18.3. The molecule has 0 radical (unpaired) electrons. The standard InChI is InChI=1S/C24H23N5O4/c1-14-9-11-16(12-10-14)22(30)27-29-24(32)21-15(2)20-17(7-5-8-19(20)33-21)26-28-23(31)18-6-3-4-13-25-18/h3-4,6,9-13H,5,7-8H2,1-2H3,(H,27,30)(H,28,31)(H,29,32)/b26-17+. The summed E-state index contributed by atoms with van der Waals surface area (Å²) >= 11 is 0. The number of hydrazine groups is 1. The second-order valence-corrected chi connectivity index (χ2v) is 7.70. The third-order valence-corrected chi connectivity index (χ3v) is 5.33. The lowest BCUT2D eigenvalue weighted by Crippen LogP contribution is -2.41. The zero-order chi connectivity index (χ0) is 23.4. The number of hydrazone groups is 1. The highest BCUT2D eigenvalue weighted by atomic mass is 16.4. The number of amides is 3. The number of rotatable bonds is 4. The van der Waals surface area contributed by atoms with E-state index in [4.69, 9.17) is 4.42 Å². The summed E-state index contributed by atoms with van der Waals surface area (Å²) in [5.41, 5.74) is 11.0. The fourth-order valence-electron chi connectivity index (χ4n) is 3.62. The van der Waals surface area contributed by atoms with Crippen molar-refractivity contribution < 1.29 is 18.8 Å². The van der Waals surface area contributed by atoms with Crippen molar-refractivity contribution in [3.63, 3.8) is 0 Å². The molecule has 2 heterocycles. The molecule has 4 rings (SSSR count). The van der Waals surface area contributed by atoms with Gasteiger partial charge in [-0.25, -0.2) is 5.43 Å². The Morgan fingerprint density at radius 2 is 1.70 bits per heavy atom. The highest BCUT2D eigenvalue weighted by Gasteiger charge is 2.28. The van der Waals surface area contributed by atoms with Gasteiger partial charge in [0.25, 0.3) is 11.8 Å². The molecule has 0 fully saturated rings. The van der Waals surface area contributed by atoms with Crippen LogP contribution >= 0.6 is 0 Å². The summed E-state index contributed by atoms with van der Waals surface area (Å²) in [5, 5.41) is 4.27. The van der Waals surface area contributed by atoms with E-state index in [1.165, 1.54) is 6.20 Å². The topological polar surface area (TPSA) is 126 Å². The van der Waals surface area contributed by atoms with Crippen LogP contribution < -0.4 is 16.3 Å². The predicted molar refractivity (Wildman–Crippen MR) is 121 cm³/mol. The minimum Gasteiger partial charge on any atom is -0.455 e. The van der Waals surface area contributed by atoms with Gasteiger partial charge in [-0.2, -0.15) is 5.10 Å². The molecule has 3 aromatic rings. The van der Waals surface area contributed by atoms with Gasteiger partial charge < -0.3 is 4.42 Å². The van der Waals surface area contributed by atoms with Crippen molar-refractivity contribution in [2.24, 2.45) is 5.10 Å². The van der Waals surface area contributed by atoms with E-state index in [0.29, 0.717) is 41.0 Å². The third kappa shape index (κ3) is 4.82. The first-order valence-electron chi connectivity index (χ1n) is 10.5. The quantitative estimate of drug-likeness (QED) is 0.533. The van der Waals surface area contributed by atoms with Crippen LogP contribution in [0.3, 0.4) is 0 Å². The second-order valence-electron chi connectivity index (χ2n) is 7.70. The van der Waals surface area contributed by atoms with Gasteiger partial charge in [0.2, 0.25) is 0 Å². The van der Waals surface area contributed by atoms with E-state index in [2.05, 4.69) is 26.4 Å². The van der Waals surface area contributed by atoms with Crippen molar-refractivity contribution >= 4 is 23.4 Å². The maximum Gasteiger partial charge on any atom is 0.305 e. The fraction of sp³-hybridized carbons (Fsp3) is 0.208. The molecule has 0 aliphatic heterocycles. The Bertz CT molecular complexity index is 1230. The molecule has 168 valence electrons. The molecule has 0 saturated carbocycles. The van der Waals surface area contributed by atoms with Crippen LogP contribution in [0.25, 0.3) is 0 Å². The number of fused-ring (bicyclic) bond motifs is 1. The summed E-state index contributed by atoms with van der Waals surface area (Å²) in [4.78, 5) is 41.2. The Morgan fingerprint density at radius 3 is 2.42 bits per heavy atom. The summed E-state index contributed by atoms with van der Waals surface area (Å²) in [7, 11) is 0. The summed E-state index contributed by atoms with van der Waals surface area (Å²) in [6.45, 7) is 3.67. The second kappa shape index (κ2) is 9.47. The minimum absolute atomic E-state index is 0.0925. The average Bonchev–Trinajstić information content (AvgIpc) is 3.19. The highest BCUT2D eigenvalue weighted by Crippen LogP contribution is 2.29. The van der Waals surface area contributed by atoms with Gasteiger partial charge >= 0.3 is 5.91 Å². The molecule has 1 aromatic carbocycles. The number of benzene rings is 1.